The van der Waals surface area contributed by atoms with E-state index in [1.54, 1.807) is 6.20 Å². The van der Waals surface area contributed by atoms with E-state index in [0.717, 1.165) is 45.5 Å². The molecule has 1 N–H and O–H groups in total. The minimum atomic E-state index is -0.260. The summed E-state index contributed by atoms with van der Waals surface area (Å²) in [5.74, 6) is 3.06. The standard InChI is InChI=1S/C32H26ClN3O2S/c1-20-9-13-23(14-10-20)37-24-15-11-22(12-16-24)36-31(30(35-32(36)39)27-8-3-4-19-34-27)29-18-17-28(38-29)25-6-5-7-26(33)21(25)2/h3-19,30-31H,1-2H3,(H,35,39)/t30-,31-/m1/s1. The van der Waals surface area contributed by atoms with Crippen LogP contribution >= 0.6 is 23.8 Å². The van der Waals surface area contributed by atoms with Gasteiger partial charge in [0.2, 0.25) is 0 Å². The molecule has 7 heteroatoms. The number of hydrogen-bond donors (Lipinski definition) is 1. The van der Waals surface area contributed by atoms with E-state index < -0.39 is 0 Å². The molecule has 1 saturated heterocycles. The third-order valence-electron chi connectivity index (χ3n) is 6.92. The highest BCUT2D eigenvalue weighted by Crippen LogP contribution is 2.43. The highest BCUT2D eigenvalue weighted by atomic mass is 35.5. The molecular weight excluding hydrogens is 526 g/mol. The summed E-state index contributed by atoms with van der Waals surface area (Å²) in [4.78, 5) is 6.71. The van der Waals surface area contributed by atoms with Crippen molar-refractivity contribution in [2.75, 3.05) is 4.90 Å². The van der Waals surface area contributed by atoms with Gasteiger partial charge in [0.15, 0.2) is 5.11 Å². The molecule has 194 valence electrons. The first kappa shape index (κ1) is 25.2. The largest absolute Gasteiger partial charge is 0.459 e. The zero-order valence-corrected chi connectivity index (χ0v) is 23.0. The topological polar surface area (TPSA) is 50.5 Å². The maximum absolute atomic E-state index is 6.50. The summed E-state index contributed by atoms with van der Waals surface area (Å²) in [5.41, 5.74) is 4.92. The normalized spacial score (nSPS) is 16.8. The molecule has 5 nitrogen and oxygen atoms in total. The Kier molecular flexibility index (Phi) is 6.81. The Balaban J connectivity index is 1.36. The molecule has 5 aromatic rings. The molecular formula is C32H26ClN3O2S. The van der Waals surface area contributed by atoms with Crippen molar-refractivity contribution in [3.8, 4) is 22.8 Å². The van der Waals surface area contributed by atoms with Crippen molar-refractivity contribution in [1.29, 1.82) is 0 Å². The Hall–Kier alpha value is -4.13. The van der Waals surface area contributed by atoms with Crippen molar-refractivity contribution in [2.45, 2.75) is 25.9 Å². The number of nitrogens with one attached hydrogen (secondary N) is 1. The van der Waals surface area contributed by atoms with E-state index in [9.17, 15) is 0 Å². The fourth-order valence-electron chi connectivity index (χ4n) is 4.87. The van der Waals surface area contributed by atoms with Crippen LogP contribution in [0.1, 0.15) is 34.7 Å². The zero-order chi connectivity index (χ0) is 26.9. The Morgan fingerprint density at radius 2 is 1.62 bits per heavy atom. The summed E-state index contributed by atoms with van der Waals surface area (Å²) in [7, 11) is 0. The summed E-state index contributed by atoms with van der Waals surface area (Å²) < 4.78 is 12.5. The predicted molar refractivity (Wildman–Crippen MR) is 160 cm³/mol. The quantitative estimate of drug-likeness (QED) is 0.213. The molecule has 0 amide bonds. The number of pyridine rings is 1. The van der Waals surface area contributed by atoms with E-state index in [4.69, 9.17) is 33.0 Å². The Morgan fingerprint density at radius 1 is 0.872 bits per heavy atom. The molecule has 1 aliphatic rings. The Bertz CT molecular complexity index is 1620. The average Bonchev–Trinajstić information content (AvgIpc) is 3.57. The number of aromatic nitrogens is 1. The van der Waals surface area contributed by atoms with Crippen LogP contribution in [0, 0.1) is 13.8 Å². The van der Waals surface area contributed by atoms with Crippen molar-refractivity contribution < 1.29 is 9.15 Å². The number of nitrogens with zero attached hydrogens (tertiary/aromatic N) is 2. The van der Waals surface area contributed by atoms with Crippen LogP contribution in [0.3, 0.4) is 0 Å². The molecule has 6 rings (SSSR count). The second-order valence-electron chi connectivity index (χ2n) is 9.52. The van der Waals surface area contributed by atoms with Crippen molar-refractivity contribution in [3.05, 3.63) is 131 Å². The first-order chi connectivity index (χ1) is 19.0. The number of anilines is 1. The maximum Gasteiger partial charge on any atom is 0.174 e. The number of rotatable bonds is 6. The minimum absolute atomic E-state index is 0.207. The molecule has 0 aliphatic carbocycles. The van der Waals surface area contributed by atoms with Gasteiger partial charge in [0.1, 0.15) is 29.1 Å². The monoisotopic (exact) mass is 551 g/mol. The van der Waals surface area contributed by atoms with E-state index in [2.05, 4.69) is 22.1 Å². The van der Waals surface area contributed by atoms with Crippen LogP contribution < -0.4 is 15.0 Å². The van der Waals surface area contributed by atoms with Gasteiger partial charge in [-0.05, 0) is 98.4 Å². The number of benzene rings is 3. The second-order valence-corrected chi connectivity index (χ2v) is 10.3. The van der Waals surface area contributed by atoms with Gasteiger partial charge >= 0.3 is 0 Å². The third kappa shape index (κ3) is 5.01. The molecule has 39 heavy (non-hydrogen) atoms. The number of hydrogen-bond acceptors (Lipinski definition) is 4. The number of furan rings is 1. The lowest BCUT2D eigenvalue weighted by molar-refractivity contribution is 0.439. The molecule has 3 aromatic carbocycles. The average molecular weight is 552 g/mol. The van der Waals surface area contributed by atoms with E-state index in [1.807, 2.05) is 104 Å². The number of ether oxygens (including phenoxy) is 1. The van der Waals surface area contributed by atoms with Gasteiger partial charge in [0.05, 0.1) is 11.7 Å². The highest BCUT2D eigenvalue weighted by molar-refractivity contribution is 7.80. The maximum atomic E-state index is 6.50. The smallest absolute Gasteiger partial charge is 0.174 e. The molecule has 2 atom stereocenters. The minimum Gasteiger partial charge on any atom is -0.459 e. The molecule has 1 fully saturated rings. The van der Waals surface area contributed by atoms with Crippen LogP contribution in [0.2, 0.25) is 5.02 Å². The van der Waals surface area contributed by atoms with Gasteiger partial charge in [-0.15, -0.1) is 0 Å². The fourth-order valence-corrected chi connectivity index (χ4v) is 5.39. The van der Waals surface area contributed by atoms with Gasteiger partial charge in [-0.25, -0.2) is 0 Å². The molecule has 2 aromatic heterocycles. The zero-order valence-electron chi connectivity index (χ0n) is 21.5. The number of aryl methyl sites for hydroxylation is 1. The molecule has 1 aliphatic heterocycles. The lowest BCUT2D eigenvalue weighted by Gasteiger charge is -2.26. The first-order valence-electron chi connectivity index (χ1n) is 12.7. The van der Waals surface area contributed by atoms with Gasteiger partial charge in [-0.3, -0.25) is 4.98 Å². The SMILES string of the molecule is Cc1ccc(Oc2ccc(N3C(=S)N[C@H](c4ccccn4)[C@H]3c3ccc(-c4cccc(Cl)c4C)o3)cc2)cc1. The first-order valence-corrected chi connectivity index (χ1v) is 13.5. The lowest BCUT2D eigenvalue weighted by Crippen LogP contribution is -2.29. The van der Waals surface area contributed by atoms with Crippen LogP contribution in [-0.2, 0) is 0 Å². The highest BCUT2D eigenvalue weighted by Gasteiger charge is 2.42. The van der Waals surface area contributed by atoms with Crippen molar-refractivity contribution >= 4 is 34.6 Å². The summed E-state index contributed by atoms with van der Waals surface area (Å²) in [6, 6.07) is 31.2. The van der Waals surface area contributed by atoms with E-state index in [1.165, 1.54) is 5.56 Å². The Labute approximate surface area is 238 Å². The molecule has 0 unspecified atom stereocenters. The summed E-state index contributed by atoms with van der Waals surface area (Å²) in [6.45, 7) is 4.05. The van der Waals surface area contributed by atoms with Crippen LogP contribution in [-0.4, -0.2) is 10.1 Å². The molecule has 0 bridgehead atoms. The van der Waals surface area contributed by atoms with Crippen molar-refractivity contribution in [3.63, 3.8) is 0 Å². The van der Waals surface area contributed by atoms with Gasteiger partial charge in [-0.2, -0.15) is 0 Å². The van der Waals surface area contributed by atoms with E-state index >= 15 is 0 Å². The van der Waals surface area contributed by atoms with Gasteiger partial charge in [0.25, 0.3) is 0 Å². The van der Waals surface area contributed by atoms with Crippen LogP contribution in [0.5, 0.6) is 11.5 Å². The molecule has 0 spiro atoms. The lowest BCUT2D eigenvalue weighted by atomic mass is 10.0. The summed E-state index contributed by atoms with van der Waals surface area (Å²) >= 11 is 12.3. The van der Waals surface area contributed by atoms with Crippen molar-refractivity contribution in [1.82, 2.24) is 10.3 Å². The van der Waals surface area contributed by atoms with Crippen LogP contribution in [0.4, 0.5) is 5.69 Å². The van der Waals surface area contributed by atoms with Gasteiger partial charge < -0.3 is 19.4 Å². The summed E-state index contributed by atoms with van der Waals surface area (Å²) in [5, 5.41) is 4.78. The Morgan fingerprint density at radius 3 is 2.33 bits per heavy atom. The third-order valence-corrected chi connectivity index (χ3v) is 7.65. The van der Waals surface area contributed by atoms with Gasteiger partial charge in [-0.1, -0.05) is 47.5 Å². The van der Waals surface area contributed by atoms with E-state index in [-0.39, 0.29) is 12.1 Å². The van der Waals surface area contributed by atoms with Crippen molar-refractivity contribution in [2.24, 2.45) is 0 Å². The van der Waals surface area contributed by atoms with Crippen LogP contribution in [0.15, 0.2) is 108 Å². The number of thiocarbonyl (C=S) groups is 1. The molecule has 0 saturated carbocycles. The second kappa shape index (κ2) is 10.6. The summed E-state index contributed by atoms with van der Waals surface area (Å²) in [6.07, 6.45) is 1.79. The number of halogens is 1. The molecule has 3 heterocycles. The fraction of sp³-hybridized carbons (Fsp3) is 0.125. The van der Waals surface area contributed by atoms with Gasteiger partial charge in [0, 0.05) is 22.5 Å². The van der Waals surface area contributed by atoms with E-state index in [0.29, 0.717) is 10.1 Å². The predicted octanol–water partition coefficient (Wildman–Crippen LogP) is 8.58. The van der Waals surface area contributed by atoms with Crippen LogP contribution in [0.25, 0.3) is 11.3 Å². The molecule has 0 radical (unpaired) electrons.